The van der Waals surface area contributed by atoms with Gasteiger partial charge < -0.3 is 9.30 Å². The molecule has 2 rings (SSSR count). The largest absolute Gasteiger partial charge is 0.484 e. The van der Waals surface area contributed by atoms with E-state index in [1.54, 1.807) is 12.1 Å². The quantitative estimate of drug-likeness (QED) is 0.733. The molecule has 0 N–H and O–H groups in total. The fraction of sp³-hybridized carbons (Fsp3) is 0.273. The zero-order valence-corrected chi connectivity index (χ0v) is 9.62. The minimum atomic E-state index is 0.319. The molecule has 0 atom stereocenters. The van der Waals surface area contributed by atoms with E-state index in [1.807, 2.05) is 18.5 Å². The summed E-state index contributed by atoms with van der Waals surface area (Å²) >= 11 is 0. The second-order valence-corrected chi connectivity index (χ2v) is 3.55. The molecule has 0 radical (unpaired) electrons. The van der Waals surface area contributed by atoms with Gasteiger partial charge in [0, 0.05) is 7.05 Å². The van der Waals surface area contributed by atoms with E-state index in [9.17, 15) is 4.79 Å². The Labute approximate surface area is 98.3 Å². The molecule has 2 aromatic rings. The Kier molecular flexibility index (Phi) is 3.13. The van der Waals surface area contributed by atoms with Crippen molar-refractivity contribution in [1.29, 1.82) is 0 Å². The fourth-order valence-electron chi connectivity index (χ4n) is 1.27. The Morgan fingerprint density at radius 3 is 2.76 bits per heavy atom. The number of ether oxygens (including phenoxy) is 1. The predicted octanol–water partition coefficient (Wildman–Crippen LogP) is 0.910. The minimum Gasteiger partial charge on any atom is -0.484 e. The Morgan fingerprint density at radius 1 is 1.41 bits per heavy atom. The summed E-state index contributed by atoms with van der Waals surface area (Å²) in [4.78, 5) is 14.3. The highest BCUT2D eigenvalue weighted by Crippen LogP contribution is 2.10. The lowest BCUT2D eigenvalue weighted by Crippen LogP contribution is -2.04. The highest BCUT2D eigenvalue weighted by molar-refractivity contribution is 5.71. The molecule has 0 unspecified atom stereocenters. The van der Waals surface area contributed by atoms with Crippen molar-refractivity contribution in [2.75, 3.05) is 0 Å². The molecule has 0 amide bonds. The van der Waals surface area contributed by atoms with Crippen LogP contribution in [0.4, 0.5) is 0 Å². The van der Waals surface area contributed by atoms with Crippen LogP contribution < -0.4 is 4.74 Å². The smallest absolute Gasteiger partial charge is 0.170 e. The van der Waals surface area contributed by atoms with Gasteiger partial charge in [0.25, 0.3) is 0 Å². The molecular formula is C11H12N4O2. The van der Waals surface area contributed by atoms with Crippen molar-refractivity contribution in [3.8, 4) is 5.75 Å². The molecule has 0 aliphatic heterocycles. The molecule has 2 aromatic heterocycles. The van der Waals surface area contributed by atoms with Crippen molar-refractivity contribution in [1.82, 2.24) is 19.7 Å². The molecule has 0 aliphatic carbocycles. The van der Waals surface area contributed by atoms with E-state index in [-0.39, 0.29) is 0 Å². The van der Waals surface area contributed by atoms with Gasteiger partial charge in [-0.05, 0) is 19.1 Å². The number of aldehydes is 1. The zero-order valence-electron chi connectivity index (χ0n) is 9.62. The van der Waals surface area contributed by atoms with Crippen LogP contribution in [0.3, 0.4) is 0 Å². The van der Waals surface area contributed by atoms with Gasteiger partial charge >= 0.3 is 0 Å². The SMILES string of the molecule is Cc1nnc(COc2ccc(C=O)nc2)n1C. The number of hydrogen-bond donors (Lipinski definition) is 0. The molecule has 6 heteroatoms. The first-order valence-corrected chi connectivity index (χ1v) is 5.09. The van der Waals surface area contributed by atoms with Gasteiger partial charge in [-0.3, -0.25) is 4.79 Å². The lowest BCUT2D eigenvalue weighted by atomic mass is 10.4. The van der Waals surface area contributed by atoms with Gasteiger partial charge in [-0.2, -0.15) is 0 Å². The van der Waals surface area contributed by atoms with Crippen LogP contribution in [0, 0.1) is 6.92 Å². The number of carbonyl (C=O) groups is 1. The normalized spacial score (nSPS) is 10.2. The van der Waals surface area contributed by atoms with Crippen molar-refractivity contribution >= 4 is 6.29 Å². The minimum absolute atomic E-state index is 0.319. The van der Waals surface area contributed by atoms with Crippen molar-refractivity contribution in [3.05, 3.63) is 35.7 Å². The molecular weight excluding hydrogens is 220 g/mol. The maximum Gasteiger partial charge on any atom is 0.170 e. The summed E-state index contributed by atoms with van der Waals surface area (Å²) in [6.07, 6.45) is 2.20. The third-order valence-electron chi connectivity index (χ3n) is 2.43. The van der Waals surface area contributed by atoms with Gasteiger partial charge in [0.1, 0.15) is 23.9 Å². The molecule has 0 bridgehead atoms. The summed E-state index contributed by atoms with van der Waals surface area (Å²) in [5, 5.41) is 7.90. The summed E-state index contributed by atoms with van der Waals surface area (Å²) < 4.78 is 7.34. The van der Waals surface area contributed by atoms with Crippen LogP contribution in [-0.2, 0) is 13.7 Å². The van der Waals surface area contributed by atoms with Crippen molar-refractivity contribution in [2.45, 2.75) is 13.5 Å². The maximum absolute atomic E-state index is 10.4. The van der Waals surface area contributed by atoms with Crippen LogP contribution in [0.5, 0.6) is 5.75 Å². The van der Waals surface area contributed by atoms with Gasteiger partial charge in [-0.25, -0.2) is 4.98 Å². The standard InChI is InChI=1S/C11H12N4O2/c1-8-13-14-11(15(8)2)7-17-10-4-3-9(6-16)12-5-10/h3-6H,7H2,1-2H3. The number of nitrogens with zero attached hydrogens (tertiary/aromatic N) is 4. The maximum atomic E-state index is 10.4. The lowest BCUT2D eigenvalue weighted by molar-refractivity contribution is 0.111. The molecule has 0 saturated carbocycles. The molecule has 0 spiro atoms. The third-order valence-corrected chi connectivity index (χ3v) is 2.43. The van der Waals surface area contributed by atoms with Gasteiger partial charge in [0.15, 0.2) is 12.1 Å². The molecule has 0 aliphatic rings. The van der Waals surface area contributed by atoms with Gasteiger partial charge in [0.05, 0.1) is 6.20 Å². The number of aromatic nitrogens is 4. The summed E-state index contributed by atoms with van der Waals surface area (Å²) in [6, 6.07) is 3.30. The summed E-state index contributed by atoms with van der Waals surface area (Å²) in [5.41, 5.74) is 0.381. The number of pyridine rings is 1. The summed E-state index contributed by atoms with van der Waals surface area (Å²) in [6.45, 7) is 2.19. The lowest BCUT2D eigenvalue weighted by Gasteiger charge is -2.05. The second kappa shape index (κ2) is 4.73. The van der Waals surface area contributed by atoms with Crippen LogP contribution >= 0.6 is 0 Å². The monoisotopic (exact) mass is 232 g/mol. The molecule has 88 valence electrons. The van der Waals surface area contributed by atoms with Gasteiger partial charge in [0.2, 0.25) is 0 Å². The van der Waals surface area contributed by atoms with Gasteiger partial charge in [-0.1, -0.05) is 0 Å². The van der Waals surface area contributed by atoms with Crippen LogP contribution in [-0.4, -0.2) is 26.0 Å². The van der Waals surface area contributed by atoms with E-state index in [4.69, 9.17) is 4.74 Å². The number of hydrogen-bond acceptors (Lipinski definition) is 5. The molecule has 2 heterocycles. The van der Waals surface area contributed by atoms with E-state index in [0.717, 1.165) is 11.6 Å². The average molecular weight is 232 g/mol. The summed E-state index contributed by atoms with van der Waals surface area (Å²) in [7, 11) is 1.88. The topological polar surface area (TPSA) is 69.9 Å². The molecule has 0 fully saturated rings. The van der Waals surface area contributed by atoms with Crippen LogP contribution in [0.15, 0.2) is 18.3 Å². The van der Waals surface area contributed by atoms with E-state index >= 15 is 0 Å². The Bertz CT molecular complexity index is 519. The fourth-order valence-corrected chi connectivity index (χ4v) is 1.27. The molecule has 0 saturated heterocycles. The highest BCUT2D eigenvalue weighted by Gasteiger charge is 2.05. The van der Waals surface area contributed by atoms with Crippen LogP contribution in [0.1, 0.15) is 22.1 Å². The van der Waals surface area contributed by atoms with E-state index < -0.39 is 0 Å². The second-order valence-electron chi connectivity index (χ2n) is 3.55. The van der Waals surface area contributed by atoms with Crippen molar-refractivity contribution in [3.63, 3.8) is 0 Å². The van der Waals surface area contributed by atoms with Crippen molar-refractivity contribution in [2.24, 2.45) is 7.05 Å². The van der Waals surface area contributed by atoms with E-state index in [1.165, 1.54) is 6.20 Å². The molecule has 17 heavy (non-hydrogen) atoms. The van der Waals surface area contributed by atoms with Gasteiger partial charge in [-0.15, -0.1) is 10.2 Å². The number of rotatable bonds is 4. The van der Waals surface area contributed by atoms with Crippen molar-refractivity contribution < 1.29 is 9.53 Å². The summed E-state index contributed by atoms with van der Waals surface area (Å²) in [5.74, 6) is 2.16. The molecule has 6 nitrogen and oxygen atoms in total. The van der Waals surface area contributed by atoms with Crippen LogP contribution in [0.2, 0.25) is 0 Å². The van der Waals surface area contributed by atoms with E-state index in [2.05, 4.69) is 15.2 Å². The van der Waals surface area contributed by atoms with E-state index in [0.29, 0.717) is 24.3 Å². The Hall–Kier alpha value is -2.24. The van der Waals surface area contributed by atoms with Crippen LogP contribution in [0.25, 0.3) is 0 Å². The predicted molar refractivity (Wildman–Crippen MR) is 59.7 cm³/mol. The number of carbonyl (C=O) groups excluding carboxylic acids is 1. The average Bonchev–Trinajstić information content (AvgIpc) is 2.68. The Balaban J connectivity index is 2.02. The Morgan fingerprint density at radius 2 is 2.24 bits per heavy atom. The third kappa shape index (κ3) is 2.47. The molecule has 0 aromatic carbocycles. The number of aryl methyl sites for hydroxylation is 1. The highest BCUT2D eigenvalue weighted by atomic mass is 16.5. The zero-order chi connectivity index (χ0) is 12.3. The first kappa shape index (κ1) is 11.3. The first-order valence-electron chi connectivity index (χ1n) is 5.09. The first-order chi connectivity index (χ1) is 8.20.